The standard InChI is InChI=1S/C22H27ClN2O3/c1-4-27-20-10-17-9-14(2)28-21(17)11-18(20)12-25-22(26)13-24-15(3)16-5-7-19(23)8-6-16/h5-8,10-11,14-15,24H,4,9,12-13H2,1-3H3,(H,25,26)/t14-,15-/m1/s1. The molecule has 0 aromatic heterocycles. The van der Waals surface area contributed by atoms with E-state index in [2.05, 4.69) is 17.6 Å². The molecule has 2 aromatic carbocycles. The second-order valence-corrected chi connectivity index (χ2v) is 7.50. The van der Waals surface area contributed by atoms with Crippen LogP contribution in [-0.2, 0) is 17.8 Å². The van der Waals surface area contributed by atoms with Crippen molar-refractivity contribution in [1.29, 1.82) is 0 Å². The molecule has 3 rings (SSSR count). The average molecular weight is 403 g/mol. The van der Waals surface area contributed by atoms with E-state index in [0.29, 0.717) is 18.2 Å². The third-order valence-corrected chi connectivity index (χ3v) is 5.05. The smallest absolute Gasteiger partial charge is 0.234 e. The summed E-state index contributed by atoms with van der Waals surface area (Å²) in [5.41, 5.74) is 3.17. The first kappa shape index (κ1) is 20.5. The van der Waals surface area contributed by atoms with Gasteiger partial charge in [0.15, 0.2) is 0 Å². The van der Waals surface area contributed by atoms with Crippen molar-refractivity contribution in [2.24, 2.45) is 0 Å². The summed E-state index contributed by atoms with van der Waals surface area (Å²) in [6, 6.07) is 11.7. The summed E-state index contributed by atoms with van der Waals surface area (Å²) in [4.78, 5) is 12.3. The Labute approximate surface area is 171 Å². The molecule has 0 fully saturated rings. The molecule has 0 saturated carbocycles. The Bertz CT molecular complexity index is 823. The molecule has 0 unspecified atom stereocenters. The molecule has 150 valence electrons. The lowest BCUT2D eigenvalue weighted by molar-refractivity contribution is -0.120. The molecule has 0 aliphatic carbocycles. The molecular weight excluding hydrogens is 376 g/mol. The Morgan fingerprint density at radius 1 is 1.32 bits per heavy atom. The predicted octanol–water partition coefficient (Wildman–Crippen LogP) is 4.03. The highest BCUT2D eigenvalue weighted by atomic mass is 35.5. The van der Waals surface area contributed by atoms with Crippen molar-refractivity contribution >= 4 is 17.5 Å². The maximum absolute atomic E-state index is 12.3. The Kier molecular flexibility index (Phi) is 6.81. The summed E-state index contributed by atoms with van der Waals surface area (Å²) in [5, 5.41) is 6.89. The SMILES string of the molecule is CCOc1cc2c(cc1CNC(=O)CN[C@H](C)c1ccc(Cl)cc1)O[C@H](C)C2. The number of ether oxygens (including phenoxy) is 2. The van der Waals surface area contributed by atoms with Gasteiger partial charge in [0.2, 0.25) is 5.91 Å². The van der Waals surface area contributed by atoms with E-state index in [9.17, 15) is 4.79 Å². The number of rotatable bonds is 8. The van der Waals surface area contributed by atoms with Crippen molar-refractivity contribution in [2.75, 3.05) is 13.2 Å². The lowest BCUT2D eigenvalue weighted by Crippen LogP contribution is -2.34. The van der Waals surface area contributed by atoms with Crippen LogP contribution in [0, 0.1) is 0 Å². The molecule has 2 aromatic rings. The molecule has 0 saturated heterocycles. The molecule has 6 heteroatoms. The second-order valence-electron chi connectivity index (χ2n) is 7.06. The lowest BCUT2D eigenvalue weighted by atomic mass is 10.1. The van der Waals surface area contributed by atoms with Gasteiger partial charge < -0.3 is 20.1 Å². The van der Waals surface area contributed by atoms with Crippen LogP contribution in [0.2, 0.25) is 5.02 Å². The maximum Gasteiger partial charge on any atom is 0.234 e. The van der Waals surface area contributed by atoms with Gasteiger partial charge in [-0.3, -0.25) is 4.79 Å². The summed E-state index contributed by atoms with van der Waals surface area (Å²) in [6.07, 6.45) is 1.06. The van der Waals surface area contributed by atoms with Crippen LogP contribution in [0.3, 0.4) is 0 Å². The maximum atomic E-state index is 12.3. The molecule has 0 radical (unpaired) electrons. The van der Waals surface area contributed by atoms with Crippen LogP contribution in [-0.4, -0.2) is 25.2 Å². The highest BCUT2D eigenvalue weighted by Gasteiger charge is 2.22. The van der Waals surface area contributed by atoms with Crippen molar-refractivity contribution in [3.63, 3.8) is 0 Å². The summed E-state index contributed by atoms with van der Waals surface area (Å²) < 4.78 is 11.6. The van der Waals surface area contributed by atoms with Gasteiger partial charge in [0.05, 0.1) is 13.2 Å². The van der Waals surface area contributed by atoms with Crippen molar-refractivity contribution in [2.45, 2.75) is 45.9 Å². The van der Waals surface area contributed by atoms with Crippen molar-refractivity contribution < 1.29 is 14.3 Å². The fourth-order valence-electron chi connectivity index (χ4n) is 3.28. The molecule has 2 atom stereocenters. The number of nitrogens with one attached hydrogen (secondary N) is 2. The number of halogens is 1. The van der Waals surface area contributed by atoms with Crippen molar-refractivity contribution in [3.8, 4) is 11.5 Å². The van der Waals surface area contributed by atoms with E-state index in [-0.39, 0.29) is 24.6 Å². The summed E-state index contributed by atoms with van der Waals surface area (Å²) >= 11 is 5.92. The van der Waals surface area contributed by atoms with Crippen LogP contribution in [0.25, 0.3) is 0 Å². The molecule has 1 aliphatic heterocycles. The Morgan fingerprint density at radius 3 is 2.79 bits per heavy atom. The summed E-state index contributed by atoms with van der Waals surface area (Å²) in [7, 11) is 0. The van der Waals surface area contributed by atoms with E-state index in [4.69, 9.17) is 21.1 Å². The molecule has 0 bridgehead atoms. The molecule has 1 heterocycles. The largest absolute Gasteiger partial charge is 0.494 e. The third-order valence-electron chi connectivity index (χ3n) is 4.79. The van der Waals surface area contributed by atoms with Crippen molar-refractivity contribution in [3.05, 3.63) is 58.1 Å². The second kappa shape index (κ2) is 9.30. The van der Waals surface area contributed by atoms with Crippen molar-refractivity contribution in [1.82, 2.24) is 10.6 Å². The monoisotopic (exact) mass is 402 g/mol. The van der Waals surface area contributed by atoms with Gasteiger partial charge in [0.1, 0.15) is 17.6 Å². The zero-order valence-corrected chi connectivity index (χ0v) is 17.3. The molecule has 1 amide bonds. The number of hydrogen-bond donors (Lipinski definition) is 2. The zero-order chi connectivity index (χ0) is 20.1. The minimum Gasteiger partial charge on any atom is -0.494 e. The van der Waals surface area contributed by atoms with E-state index in [1.165, 1.54) is 0 Å². The quantitative estimate of drug-likeness (QED) is 0.699. The Balaban J connectivity index is 1.55. The fourth-order valence-corrected chi connectivity index (χ4v) is 3.41. The van der Waals surface area contributed by atoms with E-state index in [1.807, 2.05) is 50.2 Å². The molecule has 2 N–H and O–H groups in total. The van der Waals surface area contributed by atoms with Gasteiger partial charge in [-0.1, -0.05) is 23.7 Å². The fraction of sp³-hybridized carbons (Fsp3) is 0.409. The molecule has 5 nitrogen and oxygen atoms in total. The van der Waals surface area contributed by atoms with Gasteiger partial charge in [-0.25, -0.2) is 0 Å². The minimum absolute atomic E-state index is 0.0527. The first-order chi connectivity index (χ1) is 13.5. The van der Waals surface area contributed by atoms with Crippen LogP contribution >= 0.6 is 11.6 Å². The van der Waals surface area contributed by atoms with Gasteiger partial charge >= 0.3 is 0 Å². The molecule has 0 spiro atoms. The minimum atomic E-state index is -0.0713. The van der Waals surface area contributed by atoms with E-state index in [0.717, 1.165) is 34.6 Å². The molecular formula is C22H27ClN2O3. The first-order valence-electron chi connectivity index (χ1n) is 9.67. The number of benzene rings is 2. The van der Waals surface area contributed by atoms with E-state index >= 15 is 0 Å². The molecule has 1 aliphatic rings. The van der Waals surface area contributed by atoms with Crippen LogP contribution in [0.4, 0.5) is 0 Å². The first-order valence-corrected chi connectivity index (χ1v) is 10.0. The lowest BCUT2D eigenvalue weighted by Gasteiger charge is -2.16. The number of hydrogen-bond acceptors (Lipinski definition) is 4. The van der Waals surface area contributed by atoms with Crippen LogP contribution in [0.15, 0.2) is 36.4 Å². The van der Waals surface area contributed by atoms with Gasteiger partial charge in [0.25, 0.3) is 0 Å². The van der Waals surface area contributed by atoms with E-state index in [1.54, 1.807) is 0 Å². The van der Waals surface area contributed by atoms with Gasteiger partial charge in [-0.2, -0.15) is 0 Å². The summed E-state index contributed by atoms with van der Waals surface area (Å²) in [6.45, 7) is 7.23. The highest BCUT2D eigenvalue weighted by Crippen LogP contribution is 2.35. The van der Waals surface area contributed by atoms with Crippen LogP contribution < -0.4 is 20.1 Å². The van der Waals surface area contributed by atoms with Gasteiger partial charge in [-0.05, 0) is 50.6 Å². The normalized spacial score (nSPS) is 16.2. The summed E-state index contributed by atoms with van der Waals surface area (Å²) in [5.74, 6) is 1.62. The topological polar surface area (TPSA) is 59.6 Å². The Morgan fingerprint density at radius 2 is 2.07 bits per heavy atom. The molecule has 28 heavy (non-hydrogen) atoms. The average Bonchev–Trinajstić information content (AvgIpc) is 3.03. The Hall–Kier alpha value is -2.24. The zero-order valence-electron chi connectivity index (χ0n) is 16.5. The number of fused-ring (bicyclic) bond motifs is 1. The number of amides is 1. The highest BCUT2D eigenvalue weighted by molar-refractivity contribution is 6.30. The predicted molar refractivity (Wildman–Crippen MR) is 111 cm³/mol. The van der Waals surface area contributed by atoms with Crippen LogP contribution in [0.1, 0.15) is 43.5 Å². The number of carbonyl (C=O) groups excluding carboxylic acids is 1. The van der Waals surface area contributed by atoms with Gasteiger partial charge in [0, 0.05) is 35.2 Å². The van der Waals surface area contributed by atoms with E-state index < -0.39 is 0 Å². The number of carbonyl (C=O) groups is 1. The third kappa shape index (κ3) is 5.18. The van der Waals surface area contributed by atoms with Crippen LogP contribution in [0.5, 0.6) is 11.5 Å². The van der Waals surface area contributed by atoms with Gasteiger partial charge in [-0.15, -0.1) is 0 Å².